The summed E-state index contributed by atoms with van der Waals surface area (Å²) in [4.78, 5) is 0. The average Bonchev–Trinajstić information content (AvgIpc) is 2.39. The Morgan fingerprint density at radius 2 is 1.57 bits per heavy atom. The molecule has 1 aromatic rings. The Morgan fingerprint density at radius 3 is 2.14 bits per heavy atom. The van der Waals surface area contributed by atoms with Crippen molar-refractivity contribution in [3.8, 4) is 0 Å². The fraction of sp³-hybridized carbons (Fsp3) is 0.385. The van der Waals surface area contributed by atoms with Crippen molar-refractivity contribution in [2.24, 2.45) is 0 Å². The molecule has 0 fully saturated rings. The first kappa shape index (κ1) is 15.8. The van der Waals surface area contributed by atoms with Gasteiger partial charge in [-0.3, -0.25) is 0 Å². The molecule has 2 rings (SSSR count). The number of allylic oxidation sites excluding steroid dienone is 2. The van der Waals surface area contributed by atoms with Crippen LogP contribution in [0.3, 0.4) is 0 Å². The summed E-state index contributed by atoms with van der Waals surface area (Å²) in [5.41, 5.74) is -4.64. The molecule has 116 valence electrons. The van der Waals surface area contributed by atoms with Gasteiger partial charge in [-0.05, 0) is 42.5 Å². The summed E-state index contributed by atoms with van der Waals surface area (Å²) in [5, 5.41) is 0. The second-order valence-corrected chi connectivity index (χ2v) is 6.14. The van der Waals surface area contributed by atoms with Gasteiger partial charge in [-0.1, -0.05) is 12.1 Å². The van der Waals surface area contributed by atoms with Gasteiger partial charge in [0.25, 0.3) is 0 Å². The van der Waals surface area contributed by atoms with Gasteiger partial charge in [0, 0.05) is 6.42 Å². The molecule has 0 amide bonds. The predicted molar refractivity (Wildman–Crippen MR) is 67.8 cm³/mol. The van der Waals surface area contributed by atoms with Crippen molar-refractivity contribution in [3.63, 3.8) is 0 Å². The summed E-state index contributed by atoms with van der Waals surface area (Å²) in [6, 6.07) is 5.10. The van der Waals surface area contributed by atoms with Crippen LogP contribution < -0.4 is 0 Å². The Morgan fingerprint density at radius 1 is 1.00 bits per heavy atom. The number of rotatable bonds is 3. The third kappa shape index (κ3) is 3.55. The van der Waals surface area contributed by atoms with E-state index in [9.17, 15) is 26.0 Å². The van der Waals surface area contributed by atoms with E-state index in [1.165, 1.54) is 12.1 Å². The van der Waals surface area contributed by atoms with Gasteiger partial charge in [-0.2, -0.15) is 21.6 Å². The lowest BCUT2D eigenvalue weighted by Crippen LogP contribution is -2.26. The van der Waals surface area contributed by atoms with Crippen LogP contribution in [0, 0.1) is 5.82 Å². The number of alkyl halides is 3. The number of hydrogen-bond donors (Lipinski definition) is 0. The average molecular weight is 324 g/mol. The zero-order valence-corrected chi connectivity index (χ0v) is 11.6. The standard InChI is InChI=1S/C13H12F4O3S/c14-10-7-5-9(6-8-10)11-3-1-2-4-12(11)20-21(18,19)13(15,16)17/h5-8H,1-4H2. The molecule has 0 aromatic heterocycles. The van der Waals surface area contributed by atoms with Gasteiger partial charge < -0.3 is 4.18 Å². The molecule has 0 heterocycles. The highest BCUT2D eigenvalue weighted by Crippen LogP contribution is 2.36. The van der Waals surface area contributed by atoms with Crippen LogP contribution in [-0.2, 0) is 14.3 Å². The normalized spacial score (nSPS) is 17.0. The Labute approximate surface area is 119 Å². The van der Waals surface area contributed by atoms with Crippen LogP contribution in [0.1, 0.15) is 31.2 Å². The molecule has 1 aromatic carbocycles. The smallest absolute Gasteiger partial charge is 0.380 e. The monoisotopic (exact) mass is 324 g/mol. The predicted octanol–water partition coefficient (Wildman–Crippen LogP) is 3.98. The maximum Gasteiger partial charge on any atom is 0.534 e. The fourth-order valence-corrected chi connectivity index (χ4v) is 2.65. The quantitative estimate of drug-likeness (QED) is 0.480. The Hall–Kier alpha value is -1.57. The highest BCUT2D eigenvalue weighted by molar-refractivity contribution is 7.87. The SMILES string of the molecule is O=S(=O)(OC1=C(c2ccc(F)cc2)CCCC1)C(F)(F)F. The van der Waals surface area contributed by atoms with Crippen LogP contribution >= 0.6 is 0 Å². The van der Waals surface area contributed by atoms with Crippen LogP contribution in [0.2, 0.25) is 0 Å². The van der Waals surface area contributed by atoms with Gasteiger partial charge in [0.15, 0.2) is 0 Å². The molecule has 0 aliphatic heterocycles. The molecule has 0 bridgehead atoms. The van der Waals surface area contributed by atoms with Crippen LogP contribution in [0.15, 0.2) is 30.0 Å². The topological polar surface area (TPSA) is 43.4 Å². The summed E-state index contributed by atoms with van der Waals surface area (Å²) >= 11 is 0. The number of benzene rings is 1. The van der Waals surface area contributed by atoms with E-state index in [1.807, 2.05) is 0 Å². The number of hydrogen-bond acceptors (Lipinski definition) is 3. The highest BCUT2D eigenvalue weighted by Gasteiger charge is 2.49. The van der Waals surface area contributed by atoms with E-state index in [2.05, 4.69) is 4.18 Å². The molecule has 3 nitrogen and oxygen atoms in total. The van der Waals surface area contributed by atoms with Crippen molar-refractivity contribution in [2.45, 2.75) is 31.2 Å². The van der Waals surface area contributed by atoms with Crippen LogP contribution in [-0.4, -0.2) is 13.9 Å². The van der Waals surface area contributed by atoms with Crippen molar-refractivity contribution in [1.29, 1.82) is 0 Å². The molecule has 1 aliphatic rings. The molecular weight excluding hydrogens is 312 g/mol. The van der Waals surface area contributed by atoms with Gasteiger partial charge in [-0.25, -0.2) is 4.39 Å². The molecule has 0 atom stereocenters. The van der Waals surface area contributed by atoms with E-state index < -0.39 is 21.4 Å². The van der Waals surface area contributed by atoms with Crippen LogP contribution in [0.4, 0.5) is 17.6 Å². The minimum Gasteiger partial charge on any atom is -0.380 e. The summed E-state index contributed by atoms with van der Waals surface area (Å²) in [6.07, 6.45) is 1.72. The highest BCUT2D eigenvalue weighted by atomic mass is 32.2. The van der Waals surface area contributed by atoms with Crippen molar-refractivity contribution >= 4 is 15.7 Å². The molecular formula is C13H12F4O3S. The summed E-state index contributed by atoms with van der Waals surface area (Å²) in [7, 11) is -5.68. The molecule has 1 aliphatic carbocycles. The summed E-state index contributed by atoms with van der Waals surface area (Å²) < 4.78 is 76.5. The molecule has 21 heavy (non-hydrogen) atoms. The summed E-state index contributed by atoms with van der Waals surface area (Å²) in [5.74, 6) is -0.703. The Kier molecular flexibility index (Phi) is 4.27. The summed E-state index contributed by atoms with van der Waals surface area (Å²) in [6.45, 7) is 0. The van der Waals surface area contributed by atoms with Gasteiger partial charge in [0.05, 0.1) is 0 Å². The van der Waals surface area contributed by atoms with Crippen LogP contribution in [0.5, 0.6) is 0 Å². The maximum atomic E-state index is 12.9. The molecule has 0 saturated heterocycles. The lowest BCUT2D eigenvalue weighted by molar-refractivity contribution is -0.0523. The van der Waals surface area contributed by atoms with Crippen molar-refractivity contribution in [1.82, 2.24) is 0 Å². The minimum atomic E-state index is -5.68. The van der Waals surface area contributed by atoms with E-state index in [0.717, 1.165) is 12.1 Å². The molecule has 0 unspecified atom stereocenters. The van der Waals surface area contributed by atoms with E-state index >= 15 is 0 Å². The fourth-order valence-electron chi connectivity index (χ4n) is 2.11. The van der Waals surface area contributed by atoms with Crippen molar-refractivity contribution < 1.29 is 30.2 Å². The molecule has 0 N–H and O–H groups in total. The molecule has 8 heteroatoms. The van der Waals surface area contributed by atoms with E-state index in [1.54, 1.807) is 0 Å². The molecule has 0 saturated carbocycles. The first-order chi connectivity index (χ1) is 9.71. The second kappa shape index (κ2) is 5.67. The van der Waals surface area contributed by atoms with Gasteiger partial charge in [0.2, 0.25) is 0 Å². The van der Waals surface area contributed by atoms with Crippen molar-refractivity contribution in [3.05, 3.63) is 41.4 Å². The third-order valence-electron chi connectivity index (χ3n) is 3.10. The van der Waals surface area contributed by atoms with Crippen molar-refractivity contribution in [2.75, 3.05) is 0 Å². The van der Waals surface area contributed by atoms with Gasteiger partial charge >= 0.3 is 15.6 Å². The van der Waals surface area contributed by atoms with Gasteiger partial charge in [-0.15, -0.1) is 0 Å². The van der Waals surface area contributed by atoms with E-state index in [4.69, 9.17) is 0 Å². The Balaban J connectivity index is 2.39. The maximum absolute atomic E-state index is 12.9. The Bertz CT molecular complexity index is 645. The zero-order chi connectivity index (χ0) is 15.7. The van der Waals surface area contributed by atoms with E-state index in [-0.39, 0.29) is 12.2 Å². The first-order valence-electron chi connectivity index (χ1n) is 6.19. The van der Waals surface area contributed by atoms with E-state index in [0.29, 0.717) is 30.4 Å². The minimum absolute atomic E-state index is 0.0992. The van der Waals surface area contributed by atoms with Crippen LogP contribution in [0.25, 0.3) is 5.57 Å². The number of halogens is 4. The molecule has 0 spiro atoms. The zero-order valence-electron chi connectivity index (χ0n) is 10.8. The lowest BCUT2D eigenvalue weighted by atomic mass is 9.92. The largest absolute Gasteiger partial charge is 0.534 e. The molecule has 0 radical (unpaired) electrons. The second-order valence-electron chi connectivity index (χ2n) is 4.60. The lowest BCUT2D eigenvalue weighted by Gasteiger charge is -2.21. The van der Waals surface area contributed by atoms with Gasteiger partial charge in [0.1, 0.15) is 11.6 Å². The first-order valence-corrected chi connectivity index (χ1v) is 7.60. The third-order valence-corrected chi connectivity index (χ3v) is 4.09.